The lowest BCUT2D eigenvalue weighted by molar-refractivity contribution is -0.124. The zero-order valence-electron chi connectivity index (χ0n) is 10.7. The lowest BCUT2D eigenvalue weighted by Gasteiger charge is -2.35. The van der Waals surface area contributed by atoms with Gasteiger partial charge >= 0.3 is 0 Å². The molecule has 1 amide bonds. The molecule has 2 atom stereocenters. The van der Waals surface area contributed by atoms with Gasteiger partial charge in [0.05, 0.1) is 27.4 Å². The molecule has 1 heterocycles. The monoisotopic (exact) mass is 314 g/mol. The Balaban J connectivity index is 2.29. The van der Waals surface area contributed by atoms with E-state index in [4.69, 9.17) is 11.5 Å². The largest absolute Gasteiger partial charge is 0.368 e. The molecule has 100 valence electrons. The van der Waals surface area contributed by atoms with E-state index in [1.54, 1.807) is 0 Å². The second-order valence-corrected chi connectivity index (χ2v) is 5.99. The van der Waals surface area contributed by atoms with Gasteiger partial charge in [0.25, 0.3) is 0 Å². The van der Waals surface area contributed by atoms with Crippen LogP contribution < -0.4 is 11.5 Å². The van der Waals surface area contributed by atoms with Gasteiger partial charge in [0.1, 0.15) is 0 Å². The minimum atomic E-state index is -0.887. The summed E-state index contributed by atoms with van der Waals surface area (Å²) < 4.78 is 3.00. The van der Waals surface area contributed by atoms with Crippen molar-refractivity contribution in [1.29, 1.82) is 0 Å². The average molecular weight is 315 g/mol. The maximum Gasteiger partial charge on any atom is 0.237 e. The zero-order valence-corrected chi connectivity index (χ0v) is 12.3. The Hall–Kier alpha value is -0.880. The van der Waals surface area contributed by atoms with Crippen LogP contribution >= 0.6 is 15.9 Å². The maximum atomic E-state index is 11.5. The van der Waals surface area contributed by atoms with E-state index in [1.165, 1.54) is 0 Å². The number of hydrogen-bond donors (Lipinski definition) is 2. The number of aryl methyl sites for hydroxylation is 1. The Bertz CT molecular complexity index is 485. The van der Waals surface area contributed by atoms with Crippen LogP contribution in [0.4, 0.5) is 0 Å². The van der Waals surface area contributed by atoms with Crippen LogP contribution in [0.25, 0.3) is 0 Å². The van der Waals surface area contributed by atoms with Gasteiger partial charge in [0, 0.05) is 0 Å². The molecule has 1 saturated carbocycles. The van der Waals surface area contributed by atoms with E-state index >= 15 is 0 Å². The van der Waals surface area contributed by atoms with Crippen LogP contribution in [0, 0.1) is 13.8 Å². The number of hydrogen-bond acceptors (Lipinski definition) is 3. The third-order valence-electron chi connectivity index (χ3n) is 3.83. The summed E-state index contributed by atoms with van der Waals surface area (Å²) in [6.45, 7) is 3.97. The summed E-state index contributed by atoms with van der Waals surface area (Å²) in [7, 11) is 0. The first kappa shape index (κ1) is 13.5. The van der Waals surface area contributed by atoms with Crippen LogP contribution in [-0.2, 0) is 4.79 Å². The molecule has 1 aliphatic rings. The van der Waals surface area contributed by atoms with Gasteiger partial charge in [0.15, 0.2) is 0 Å². The predicted molar refractivity (Wildman–Crippen MR) is 73.0 cm³/mol. The number of rotatable bonds is 2. The maximum absolute atomic E-state index is 11.5. The molecule has 2 rings (SSSR count). The van der Waals surface area contributed by atoms with Crippen molar-refractivity contribution in [1.82, 2.24) is 9.78 Å². The number of primary amides is 1. The topological polar surface area (TPSA) is 86.9 Å². The Kier molecular flexibility index (Phi) is 3.51. The van der Waals surface area contributed by atoms with Gasteiger partial charge in [-0.15, -0.1) is 0 Å². The molecule has 6 heteroatoms. The summed E-state index contributed by atoms with van der Waals surface area (Å²) >= 11 is 3.52. The molecule has 0 saturated heterocycles. The third kappa shape index (κ3) is 2.19. The lowest BCUT2D eigenvalue weighted by atomic mass is 9.79. The van der Waals surface area contributed by atoms with E-state index in [9.17, 15) is 4.79 Å². The van der Waals surface area contributed by atoms with Crippen molar-refractivity contribution in [3.63, 3.8) is 0 Å². The van der Waals surface area contributed by atoms with E-state index in [2.05, 4.69) is 21.0 Å². The molecule has 2 unspecified atom stereocenters. The second-order valence-electron chi connectivity index (χ2n) is 5.20. The van der Waals surface area contributed by atoms with Crippen molar-refractivity contribution in [3.8, 4) is 0 Å². The molecular formula is C12H19BrN4O. The molecule has 1 aromatic rings. The van der Waals surface area contributed by atoms with E-state index in [-0.39, 0.29) is 6.04 Å². The van der Waals surface area contributed by atoms with Crippen molar-refractivity contribution < 1.29 is 4.79 Å². The van der Waals surface area contributed by atoms with Crippen LogP contribution in [0.5, 0.6) is 0 Å². The molecule has 18 heavy (non-hydrogen) atoms. The van der Waals surface area contributed by atoms with Crippen molar-refractivity contribution >= 4 is 21.8 Å². The van der Waals surface area contributed by atoms with E-state index < -0.39 is 11.4 Å². The van der Waals surface area contributed by atoms with Crippen molar-refractivity contribution in [2.24, 2.45) is 11.5 Å². The van der Waals surface area contributed by atoms with Gasteiger partial charge in [-0.25, -0.2) is 0 Å². The van der Waals surface area contributed by atoms with Crippen molar-refractivity contribution in [3.05, 3.63) is 15.9 Å². The number of halogens is 1. The zero-order chi connectivity index (χ0) is 13.5. The Morgan fingerprint density at radius 3 is 2.72 bits per heavy atom. The molecule has 0 spiro atoms. The SMILES string of the molecule is Cc1nn(C2CCCC(N)(C(N)=O)C2)c(C)c1Br. The molecule has 1 aromatic heterocycles. The van der Waals surface area contributed by atoms with Gasteiger partial charge in [0.2, 0.25) is 5.91 Å². The van der Waals surface area contributed by atoms with Gasteiger partial charge in [-0.3, -0.25) is 9.48 Å². The number of aromatic nitrogens is 2. The number of carbonyl (C=O) groups is 1. The van der Waals surface area contributed by atoms with Gasteiger partial charge in [-0.1, -0.05) is 0 Å². The third-order valence-corrected chi connectivity index (χ3v) is 4.98. The summed E-state index contributed by atoms with van der Waals surface area (Å²) in [4.78, 5) is 11.5. The molecular weight excluding hydrogens is 296 g/mol. The number of carbonyl (C=O) groups excluding carboxylic acids is 1. The van der Waals surface area contributed by atoms with E-state index in [1.807, 2.05) is 18.5 Å². The van der Waals surface area contributed by atoms with Crippen molar-refractivity contribution in [2.45, 2.75) is 51.1 Å². The highest BCUT2D eigenvalue weighted by Crippen LogP contribution is 2.35. The molecule has 0 aromatic carbocycles. The highest BCUT2D eigenvalue weighted by molar-refractivity contribution is 9.10. The highest BCUT2D eigenvalue weighted by atomic mass is 79.9. The Morgan fingerprint density at radius 2 is 2.22 bits per heavy atom. The summed E-state index contributed by atoms with van der Waals surface area (Å²) in [5.74, 6) is -0.409. The van der Waals surface area contributed by atoms with Crippen LogP contribution in [-0.4, -0.2) is 21.2 Å². The summed E-state index contributed by atoms with van der Waals surface area (Å²) in [6.07, 6.45) is 3.12. The Labute approximate surface area is 115 Å². The quantitative estimate of drug-likeness (QED) is 0.868. The first-order valence-electron chi connectivity index (χ1n) is 6.15. The molecule has 0 aliphatic heterocycles. The highest BCUT2D eigenvalue weighted by Gasteiger charge is 2.39. The predicted octanol–water partition coefficient (Wildman–Crippen LogP) is 1.56. The molecule has 4 N–H and O–H groups in total. The molecule has 0 bridgehead atoms. The molecule has 1 aliphatic carbocycles. The smallest absolute Gasteiger partial charge is 0.237 e. The van der Waals surface area contributed by atoms with E-state index in [0.29, 0.717) is 12.8 Å². The summed E-state index contributed by atoms with van der Waals surface area (Å²) in [5, 5.41) is 4.52. The minimum absolute atomic E-state index is 0.154. The normalized spacial score (nSPS) is 28.3. The van der Waals surface area contributed by atoms with E-state index in [0.717, 1.165) is 28.7 Å². The fourth-order valence-corrected chi connectivity index (χ4v) is 2.97. The standard InChI is InChI=1S/C12H19BrN4O/c1-7-10(13)8(2)17(16-7)9-4-3-5-12(15,6-9)11(14)18/h9H,3-6,15H2,1-2H3,(H2,14,18). The minimum Gasteiger partial charge on any atom is -0.368 e. The summed E-state index contributed by atoms with van der Waals surface area (Å²) in [5.41, 5.74) is 12.7. The molecule has 1 fully saturated rings. The molecule has 5 nitrogen and oxygen atoms in total. The summed E-state index contributed by atoms with van der Waals surface area (Å²) in [6, 6.07) is 0.154. The van der Waals surface area contributed by atoms with Gasteiger partial charge in [-0.05, 0) is 55.5 Å². The first-order valence-corrected chi connectivity index (χ1v) is 6.94. The first-order chi connectivity index (χ1) is 8.35. The van der Waals surface area contributed by atoms with Crippen molar-refractivity contribution in [2.75, 3.05) is 0 Å². The van der Waals surface area contributed by atoms with Gasteiger partial charge < -0.3 is 11.5 Å². The average Bonchev–Trinajstić information content (AvgIpc) is 2.57. The van der Waals surface area contributed by atoms with Crippen LogP contribution in [0.2, 0.25) is 0 Å². The van der Waals surface area contributed by atoms with Gasteiger partial charge in [-0.2, -0.15) is 5.10 Å². The fourth-order valence-electron chi connectivity index (χ4n) is 2.71. The second kappa shape index (κ2) is 4.66. The number of nitrogens with zero attached hydrogens (tertiary/aromatic N) is 2. The number of amides is 1. The van der Waals surface area contributed by atoms with Crippen LogP contribution in [0.3, 0.4) is 0 Å². The lowest BCUT2D eigenvalue weighted by Crippen LogP contribution is -2.55. The molecule has 0 radical (unpaired) electrons. The number of nitrogens with two attached hydrogens (primary N) is 2. The van der Waals surface area contributed by atoms with Crippen LogP contribution in [0.1, 0.15) is 43.1 Å². The van der Waals surface area contributed by atoms with Crippen LogP contribution in [0.15, 0.2) is 4.47 Å². The fraction of sp³-hybridized carbons (Fsp3) is 0.667. The Morgan fingerprint density at radius 1 is 1.56 bits per heavy atom.